The second kappa shape index (κ2) is 22.8. The molecular formula is C48H55ClN8O8S. The van der Waals surface area contributed by atoms with E-state index in [1.54, 1.807) is 64.0 Å². The van der Waals surface area contributed by atoms with Crippen LogP contribution >= 0.6 is 22.9 Å². The lowest BCUT2D eigenvalue weighted by Gasteiger charge is -2.35. The number of hydrogen-bond donors (Lipinski definition) is 4. The third-order valence-electron chi connectivity index (χ3n) is 10.8. The molecule has 4 N–H and O–H groups in total. The molecule has 4 amide bonds. The topological polar surface area (TPSA) is 210 Å². The van der Waals surface area contributed by atoms with Crippen LogP contribution in [0.1, 0.15) is 61.3 Å². The molecule has 5 aromatic rings. The van der Waals surface area contributed by atoms with E-state index in [9.17, 15) is 24.3 Å². The number of likely N-dealkylation sites (tertiary alicyclic amines) is 1. The van der Waals surface area contributed by atoms with Gasteiger partial charge < -0.3 is 40.2 Å². The molecule has 3 aromatic carbocycles. The Bertz CT molecular complexity index is 2500. The van der Waals surface area contributed by atoms with Gasteiger partial charge in [-0.1, -0.05) is 62.7 Å². The van der Waals surface area contributed by atoms with Gasteiger partial charge >= 0.3 is 0 Å². The Morgan fingerprint density at radius 1 is 0.970 bits per heavy atom. The second-order valence-corrected chi connectivity index (χ2v) is 18.3. The minimum absolute atomic E-state index is 0.0293. The predicted octanol–water partition coefficient (Wildman–Crippen LogP) is 5.55. The largest absolute Gasteiger partial charge is 0.491 e. The Hall–Kier alpha value is -6.16. The molecule has 6 rings (SSSR count). The van der Waals surface area contributed by atoms with Crippen LogP contribution in [0.25, 0.3) is 21.7 Å². The molecule has 0 radical (unpaired) electrons. The first-order valence-electron chi connectivity index (χ1n) is 21.6. The van der Waals surface area contributed by atoms with Crippen LogP contribution in [-0.2, 0) is 36.9 Å². The van der Waals surface area contributed by atoms with Crippen LogP contribution in [0.2, 0.25) is 5.02 Å². The smallest absolute Gasteiger partial charge is 0.251 e. The molecule has 4 atom stereocenters. The number of nitrogens with zero attached hydrogens (tertiary/aromatic N) is 5. The van der Waals surface area contributed by atoms with E-state index in [2.05, 4.69) is 26.0 Å². The van der Waals surface area contributed by atoms with Crippen LogP contribution in [0.3, 0.4) is 0 Å². The molecule has 1 unspecified atom stereocenters. The highest BCUT2D eigenvalue weighted by Gasteiger charge is 2.44. The van der Waals surface area contributed by atoms with Crippen LogP contribution in [-0.4, -0.2) is 112 Å². The Labute approximate surface area is 393 Å². The number of hydrogen-bond acceptors (Lipinski definition) is 12. The van der Waals surface area contributed by atoms with E-state index < -0.39 is 35.4 Å². The SMILES string of the molecule is Cc1ncsc1-c1ccc(CNC(=O)[C@@H]2C[C@@H](O)CN2C(=O)[C@@H](NC(=O)COCCOCCOc2ccc(C(=O)NC(C)Cn3ccc(-c4ccc(C#N)c(Cl)c4)n3)cc2)C(C)(C)C)cc1. The fourth-order valence-corrected chi connectivity index (χ4v) is 8.34. The summed E-state index contributed by atoms with van der Waals surface area (Å²) < 4.78 is 18.6. The van der Waals surface area contributed by atoms with Crippen LogP contribution in [0, 0.1) is 23.7 Å². The van der Waals surface area contributed by atoms with Crippen molar-refractivity contribution in [1.29, 1.82) is 5.26 Å². The number of halogens is 1. The molecule has 0 saturated carbocycles. The number of aromatic nitrogens is 3. The number of ether oxygens (including phenoxy) is 3. The van der Waals surface area contributed by atoms with Crippen molar-refractivity contribution in [1.82, 2.24) is 35.6 Å². The molecule has 66 heavy (non-hydrogen) atoms. The third kappa shape index (κ3) is 13.5. The minimum Gasteiger partial charge on any atom is -0.491 e. The van der Waals surface area contributed by atoms with Crippen LogP contribution in [0.5, 0.6) is 5.75 Å². The summed E-state index contributed by atoms with van der Waals surface area (Å²) >= 11 is 7.74. The van der Waals surface area contributed by atoms with Gasteiger partial charge in [0.05, 0.1) is 64.8 Å². The highest BCUT2D eigenvalue weighted by Crippen LogP contribution is 2.29. The second-order valence-electron chi connectivity index (χ2n) is 17.1. The highest BCUT2D eigenvalue weighted by molar-refractivity contribution is 7.13. The predicted molar refractivity (Wildman–Crippen MR) is 250 cm³/mol. The highest BCUT2D eigenvalue weighted by atomic mass is 35.5. The van der Waals surface area contributed by atoms with Gasteiger partial charge in [-0.15, -0.1) is 11.3 Å². The number of carbonyl (C=O) groups excluding carboxylic acids is 4. The van der Waals surface area contributed by atoms with Gasteiger partial charge in [-0.3, -0.25) is 23.9 Å². The zero-order valence-corrected chi connectivity index (χ0v) is 39.2. The lowest BCUT2D eigenvalue weighted by molar-refractivity contribution is -0.144. The van der Waals surface area contributed by atoms with Crippen molar-refractivity contribution in [2.24, 2.45) is 5.41 Å². The summed E-state index contributed by atoms with van der Waals surface area (Å²) in [6.45, 7) is 10.4. The molecule has 1 aliphatic rings. The average Bonchev–Trinajstić information content (AvgIpc) is 4.05. The zero-order chi connectivity index (χ0) is 47.4. The van der Waals surface area contributed by atoms with E-state index in [1.165, 1.54) is 4.90 Å². The maximum atomic E-state index is 13.9. The van der Waals surface area contributed by atoms with E-state index >= 15 is 0 Å². The summed E-state index contributed by atoms with van der Waals surface area (Å²) in [5, 5.41) is 33.3. The number of aliphatic hydroxyl groups excluding tert-OH is 1. The monoisotopic (exact) mass is 938 g/mol. The van der Waals surface area contributed by atoms with Crippen LogP contribution < -0.4 is 20.7 Å². The maximum absolute atomic E-state index is 13.9. The van der Waals surface area contributed by atoms with E-state index in [0.717, 1.165) is 27.3 Å². The third-order valence-corrected chi connectivity index (χ3v) is 12.1. The molecule has 348 valence electrons. The molecule has 1 fully saturated rings. The molecule has 18 heteroatoms. The Kier molecular flexibility index (Phi) is 17.1. The molecule has 0 bridgehead atoms. The molecule has 1 aliphatic heterocycles. The first-order chi connectivity index (χ1) is 31.6. The fourth-order valence-electron chi connectivity index (χ4n) is 7.30. The van der Waals surface area contributed by atoms with Gasteiger partial charge in [0.25, 0.3) is 5.91 Å². The van der Waals surface area contributed by atoms with E-state index in [-0.39, 0.29) is 70.4 Å². The minimum atomic E-state index is -0.984. The van der Waals surface area contributed by atoms with Gasteiger partial charge in [-0.2, -0.15) is 10.4 Å². The summed E-state index contributed by atoms with van der Waals surface area (Å²) in [6.07, 6.45) is 1.02. The first kappa shape index (κ1) is 49.3. The quantitative estimate of drug-likeness (QED) is 0.0712. The van der Waals surface area contributed by atoms with Gasteiger partial charge in [-0.25, -0.2) is 4.98 Å². The van der Waals surface area contributed by atoms with Gasteiger partial charge in [-0.05, 0) is 72.9 Å². The van der Waals surface area contributed by atoms with Crippen molar-refractivity contribution < 1.29 is 38.5 Å². The van der Waals surface area contributed by atoms with Crippen molar-refractivity contribution in [2.75, 3.05) is 39.6 Å². The number of thiazole rings is 1. The number of nitrogens with one attached hydrogen (secondary N) is 3. The summed E-state index contributed by atoms with van der Waals surface area (Å²) in [5.74, 6) is -1.03. The molecule has 0 spiro atoms. The lowest BCUT2D eigenvalue weighted by Crippen LogP contribution is -2.58. The molecule has 0 aliphatic carbocycles. The summed E-state index contributed by atoms with van der Waals surface area (Å²) in [7, 11) is 0. The van der Waals surface area contributed by atoms with Gasteiger partial charge in [0.1, 0.15) is 37.1 Å². The van der Waals surface area contributed by atoms with E-state index in [0.29, 0.717) is 34.1 Å². The Morgan fingerprint density at radius 3 is 2.36 bits per heavy atom. The average molecular weight is 940 g/mol. The van der Waals surface area contributed by atoms with Crippen molar-refractivity contribution in [3.05, 3.63) is 112 Å². The number of nitriles is 1. The number of amides is 4. The molecule has 2 aromatic heterocycles. The van der Waals surface area contributed by atoms with Gasteiger partial charge in [0, 0.05) is 42.9 Å². The van der Waals surface area contributed by atoms with E-state index in [4.69, 9.17) is 31.1 Å². The molecule has 3 heterocycles. The molecule has 1 saturated heterocycles. The van der Waals surface area contributed by atoms with Crippen molar-refractivity contribution in [3.63, 3.8) is 0 Å². The summed E-state index contributed by atoms with van der Waals surface area (Å²) in [6, 6.07) is 21.5. The van der Waals surface area contributed by atoms with Gasteiger partial charge in [0.15, 0.2) is 0 Å². The van der Waals surface area contributed by atoms with Crippen LogP contribution in [0.4, 0.5) is 0 Å². The number of carbonyl (C=O) groups is 4. The van der Waals surface area contributed by atoms with Crippen molar-refractivity contribution in [3.8, 4) is 33.5 Å². The Balaban J connectivity index is 0.860. The number of rotatable bonds is 20. The van der Waals surface area contributed by atoms with Gasteiger partial charge in [0.2, 0.25) is 17.7 Å². The number of β-amino-alcohol motifs (C(OH)–C–C–N with tert-alkyl or cyclic N) is 1. The van der Waals surface area contributed by atoms with Crippen molar-refractivity contribution >= 4 is 46.6 Å². The first-order valence-corrected chi connectivity index (χ1v) is 22.8. The lowest BCUT2D eigenvalue weighted by atomic mass is 9.85. The van der Waals surface area contributed by atoms with Crippen molar-refractivity contribution in [2.45, 2.75) is 78.4 Å². The van der Waals surface area contributed by atoms with E-state index in [1.807, 2.05) is 77.2 Å². The normalized spacial score (nSPS) is 15.7. The summed E-state index contributed by atoms with van der Waals surface area (Å²) in [4.78, 5) is 60.0. The number of aryl methyl sites for hydroxylation is 1. The fraction of sp³-hybridized carbons (Fsp3) is 0.396. The van der Waals surface area contributed by atoms with Crippen LogP contribution in [0.15, 0.2) is 84.5 Å². The maximum Gasteiger partial charge on any atom is 0.251 e. The molecular weight excluding hydrogens is 884 g/mol. The number of benzene rings is 3. The number of aliphatic hydroxyl groups is 1. The Morgan fingerprint density at radius 2 is 1.68 bits per heavy atom. The zero-order valence-electron chi connectivity index (χ0n) is 37.6. The summed E-state index contributed by atoms with van der Waals surface area (Å²) in [5.41, 5.74) is 6.33. The standard InChI is InChI=1S/C48H55ClN8O8S/c1-30(26-56-17-16-40(55-56)35-10-11-36(24-50)39(49)22-35)53-45(60)34-12-14-38(15-13-34)65-21-20-63-18-19-64-28-42(59)54-44(48(3,4)5)47(62)57-27-37(58)23-41(57)46(61)51-25-32-6-8-33(9-7-32)43-31(2)52-29-66-43/h6-17,22,29-30,37,41,44,58H,18-21,23,25-28H2,1-5H3,(H,51,61)(H,53,60)(H,54,59)/t30?,37-,41+,44-/m1/s1. The molecule has 16 nitrogen and oxygen atoms in total.